The Morgan fingerprint density at radius 1 is 1.38 bits per heavy atom. The molecule has 0 aliphatic heterocycles. The maximum atomic E-state index is 10.3. The van der Waals surface area contributed by atoms with Gasteiger partial charge in [-0.1, -0.05) is 23.2 Å². The normalized spacial score (nSPS) is 11.5. The summed E-state index contributed by atoms with van der Waals surface area (Å²) < 4.78 is 20.6. The standard InChI is InChI=1S/C7H10N2O2S.ClH/c8-9-7-3-1-6(2-4-7)5-12(10)11;/h1-4,9H,5,8H2,(H,10,11);1H/p-1. The van der Waals surface area contributed by atoms with Crippen LogP contribution in [-0.2, 0) is 16.8 Å². The summed E-state index contributed by atoms with van der Waals surface area (Å²) in [5.41, 5.74) is 3.97. The highest BCUT2D eigenvalue weighted by Gasteiger charge is 1.92. The van der Waals surface area contributed by atoms with Gasteiger partial charge < -0.3 is 9.98 Å². The Kier molecular flexibility index (Phi) is 5.65. The lowest BCUT2D eigenvalue weighted by atomic mass is 10.2. The summed E-state index contributed by atoms with van der Waals surface area (Å²) in [4.78, 5) is 0. The quantitative estimate of drug-likeness (QED) is 0.449. The third-order valence-corrected chi connectivity index (χ3v) is 1.97. The van der Waals surface area contributed by atoms with Crippen LogP contribution in [-0.4, -0.2) is 8.76 Å². The lowest BCUT2D eigenvalue weighted by molar-refractivity contribution is 0.536. The molecular weight excluding hydrogens is 212 g/mol. The van der Waals surface area contributed by atoms with Crippen LogP contribution in [0, 0.1) is 0 Å². The Morgan fingerprint density at radius 2 is 1.92 bits per heavy atom. The van der Waals surface area contributed by atoms with E-state index in [4.69, 9.17) is 5.84 Å². The number of anilines is 1. The van der Waals surface area contributed by atoms with E-state index in [1.165, 1.54) is 0 Å². The van der Waals surface area contributed by atoms with Gasteiger partial charge in [-0.3, -0.25) is 10.1 Å². The number of hydrazine groups is 1. The van der Waals surface area contributed by atoms with Crippen molar-refractivity contribution in [3.8, 4) is 0 Å². The predicted molar refractivity (Wildman–Crippen MR) is 54.1 cm³/mol. The van der Waals surface area contributed by atoms with Crippen molar-refractivity contribution >= 4 is 29.2 Å². The summed E-state index contributed by atoms with van der Waals surface area (Å²) >= 11 is -2.03. The molecule has 6 heteroatoms. The van der Waals surface area contributed by atoms with Crippen LogP contribution in [0.4, 0.5) is 5.69 Å². The zero-order chi connectivity index (χ0) is 8.97. The van der Waals surface area contributed by atoms with Crippen LogP contribution in [0.25, 0.3) is 0 Å². The lowest BCUT2D eigenvalue weighted by Crippen LogP contribution is -2.06. The Morgan fingerprint density at radius 3 is 2.31 bits per heavy atom. The molecule has 0 fully saturated rings. The van der Waals surface area contributed by atoms with Gasteiger partial charge in [0.2, 0.25) is 0 Å². The molecule has 0 spiro atoms. The van der Waals surface area contributed by atoms with E-state index in [2.05, 4.69) is 5.43 Å². The molecule has 1 unspecified atom stereocenters. The molecule has 0 bridgehead atoms. The van der Waals surface area contributed by atoms with E-state index in [1.807, 2.05) is 0 Å². The fraction of sp³-hybridized carbons (Fsp3) is 0.143. The molecule has 0 aliphatic rings. The largest absolute Gasteiger partial charge is 0.772 e. The monoisotopic (exact) mass is 221 g/mol. The molecule has 0 saturated carbocycles. The number of hydrogen-bond acceptors (Lipinski definition) is 4. The van der Waals surface area contributed by atoms with Gasteiger partial charge in [-0.05, 0) is 17.7 Å². The van der Waals surface area contributed by atoms with Gasteiger partial charge in [0.1, 0.15) is 0 Å². The summed E-state index contributed by atoms with van der Waals surface area (Å²) in [7, 11) is 0. The number of hydrogen-bond donors (Lipinski definition) is 2. The van der Waals surface area contributed by atoms with E-state index in [0.717, 1.165) is 11.3 Å². The van der Waals surface area contributed by atoms with Gasteiger partial charge in [-0.25, -0.2) is 0 Å². The van der Waals surface area contributed by atoms with E-state index in [9.17, 15) is 8.76 Å². The van der Waals surface area contributed by atoms with Crippen LogP contribution in [0.15, 0.2) is 24.3 Å². The van der Waals surface area contributed by atoms with Crippen LogP contribution < -0.4 is 11.3 Å². The van der Waals surface area contributed by atoms with Gasteiger partial charge in [0.25, 0.3) is 0 Å². The highest BCUT2D eigenvalue weighted by Crippen LogP contribution is 2.08. The van der Waals surface area contributed by atoms with Crippen molar-refractivity contribution in [1.82, 2.24) is 0 Å². The van der Waals surface area contributed by atoms with Crippen molar-refractivity contribution in [2.45, 2.75) is 5.75 Å². The zero-order valence-electron chi connectivity index (χ0n) is 6.73. The average molecular weight is 222 g/mol. The molecule has 0 heterocycles. The maximum absolute atomic E-state index is 10.3. The minimum absolute atomic E-state index is 0. The number of halogens is 1. The average Bonchev–Trinajstić information content (AvgIpc) is 2.05. The lowest BCUT2D eigenvalue weighted by Gasteiger charge is -2.05. The van der Waals surface area contributed by atoms with Crippen molar-refractivity contribution in [3.63, 3.8) is 0 Å². The highest BCUT2D eigenvalue weighted by atomic mass is 35.5. The topological polar surface area (TPSA) is 78.2 Å². The predicted octanol–water partition coefficient (Wildman–Crippen LogP) is 0.773. The summed E-state index contributed by atoms with van der Waals surface area (Å²) in [5.74, 6) is 5.18. The van der Waals surface area contributed by atoms with Crippen LogP contribution in [0.2, 0.25) is 0 Å². The first-order chi connectivity index (χ1) is 5.72. The molecular formula is C7H10ClN2O2S-. The van der Waals surface area contributed by atoms with Crippen molar-refractivity contribution in [2.24, 2.45) is 5.84 Å². The first-order valence-corrected chi connectivity index (χ1v) is 4.58. The molecule has 0 aliphatic carbocycles. The smallest absolute Gasteiger partial charge is 0.0485 e. The van der Waals surface area contributed by atoms with Crippen LogP contribution in [0.1, 0.15) is 5.56 Å². The minimum atomic E-state index is -2.03. The summed E-state index contributed by atoms with van der Waals surface area (Å²) in [6.07, 6.45) is 0. The summed E-state index contributed by atoms with van der Waals surface area (Å²) in [5, 5.41) is 0. The molecule has 0 saturated heterocycles. The SMILES string of the molecule is Cl.NNc1ccc(CS(=O)[O-])cc1. The number of rotatable bonds is 3. The van der Waals surface area contributed by atoms with Crippen LogP contribution >= 0.6 is 12.4 Å². The molecule has 4 nitrogen and oxygen atoms in total. The van der Waals surface area contributed by atoms with Gasteiger partial charge in [-0.15, -0.1) is 12.4 Å². The molecule has 0 radical (unpaired) electrons. The Balaban J connectivity index is 0.00000144. The first kappa shape index (κ1) is 12.4. The van der Waals surface area contributed by atoms with E-state index in [-0.39, 0.29) is 18.2 Å². The number of nitrogens with one attached hydrogen (secondary N) is 1. The summed E-state index contributed by atoms with van der Waals surface area (Å²) in [6, 6.07) is 6.88. The Hall–Kier alpha value is -0.620. The molecule has 1 rings (SSSR count). The van der Waals surface area contributed by atoms with Crippen molar-refractivity contribution in [2.75, 3.05) is 5.43 Å². The second-order valence-corrected chi connectivity index (χ2v) is 3.19. The number of nitrogen functional groups attached to an aromatic ring is 1. The van der Waals surface area contributed by atoms with Crippen LogP contribution in [0.5, 0.6) is 0 Å². The molecule has 1 atom stereocenters. The van der Waals surface area contributed by atoms with Crippen molar-refractivity contribution < 1.29 is 8.76 Å². The van der Waals surface area contributed by atoms with E-state index in [0.29, 0.717) is 0 Å². The van der Waals surface area contributed by atoms with Gasteiger partial charge in [0.15, 0.2) is 0 Å². The highest BCUT2D eigenvalue weighted by molar-refractivity contribution is 7.78. The Bertz CT molecular complexity index is 278. The number of nitrogens with two attached hydrogens (primary N) is 1. The van der Waals surface area contributed by atoms with Crippen molar-refractivity contribution in [1.29, 1.82) is 0 Å². The van der Waals surface area contributed by atoms with Gasteiger partial charge in [0, 0.05) is 11.4 Å². The molecule has 13 heavy (non-hydrogen) atoms. The second kappa shape index (κ2) is 5.93. The van der Waals surface area contributed by atoms with E-state index < -0.39 is 11.1 Å². The second-order valence-electron chi connectivity index (χ2n) is 2.29. The molecule has 1 aromatic rings. The third-order valence-electron chi connectivity index (χ3n) is 1.41. The molecule has 0 amide bonds. The minimum Gasteiger partial charge on any atom is -0.772 e. The molecule has 74 valence electrons. The fourth-order valence-electron chi connectivity index (χ4n) is 0.833. The Labute approximate surface area is 85.2 Å². The molecule has 1 aromatic carbocycles. The van der Waals surface area contributed by atoms with Crippen molar-refractivity contribution in [3.05, 3.63) is 29.8 Å². The molecule has 3 N–H and O–H groups in total. The van der Waals surface area contributed by atoms with Crippen LogP contribution in [0.3, 0.4) is 0 Å². The first-order valence-electron chi connectivity index (χ1n) is 3.34. The van der Waals surface area contributed by atoms with Gasteiger partial charge >= 0.3 is 0 Å². The van der Waals surface area contributed by atoms with Gasteiger partial charge in [-0.2, -0.15) is 0 Å². The summed E-state index contributed by atoms with van der Waals surface area (Å²) in [6.45, 7) is 0. The third kappa shape index (κ3) is 4.23. The zero-order valence-corrected chi connectivity index (χ0v) is 8.36. The number of benzene rings is 1. The van der Waals surface area contributed by atoms with E-state index in [1.54, 1.807) is 24.3 Å². The fourth-order valence-corrected chi connectivity index (χ4v) is 1.30. The molecule has 0 aromatic heterocycles. The van der Waals surface area contributed by atoms with Gasteiger partial charge in [0.05, 0.1) is 0 Å². The van der Waals surface area contributed by atoms with E-state index >= 15 is 0 Å². The maximum Gasteiger partial charge on any atom is 0.0485 e.